The molecule has 0 spiro atoms. The molecule has 1 saturated heterocycles. The number of carbonyl (C=O) groups excluding carboxylic acids is 2. The van der Waals surface area contributed by atoms with Crippen LogP contribution in [0.4, 0.5) is 0 Å². The Balaban J connectivity index is 2.13. The van der Waals surface area contributed by atoms with Crippen molar-refractivity contribution in [1.82, 2.24) is 14.8 Å². The number of hydrogen-bond donors (Lipinski definition) is 1. The summed E-state index contributed by atoms with van der Waals surface area (Å²) in [6, 6.07) is 10.3. The SMILES string of the molecule is Cc1ccc(C2/C(=C(\O)c3ccncc3)C(=O)C(=O)N2CCN(C)C)cc1. The van der Waals surface area contributed by atoms with Crippen molar-refractivity contribution in [2.75, 3.05) is 27.2 Å². The van der Waals surface area contributed by atoms with Gasteiger partial charge in [-0.2, -0.15) is 0 Å². The number of pyridine rings is 1. The number of aromatic nitrogens is 1. The number of aryl methyl sites for hydroxylation is 1. The summed E-state index contributed by atoms with van der Waals surface area (Å²) in [4.78, 5) is 32.9. The van der Waals surface area contributed by atoms with Crippen LogP contribution in [0, 0.1) is 6.92 Å². The number of Topliss-reactive ketones (excluding diaryl/α,β-unsaturated/α-hetero) is 1. The van der Waals surface area contributed by atoms with Crippen LogP contribution in [-0.2, 0) is 9.59 Å². The zero-order chi connectivity index (χ0) is 19.6. The Hall–Kier alpha value is -2.99. The van der Waals surface area contributed by atoms with Crippen LogP contribution in [-0.4, -0.2) is 58.8 Å². The summed E-state index contributed by atoms with van der Waals surface area (Å²) in [6.07, 6.45) is 3.08. The molecule has 6 heteroatoms. The van der Waals surface area contributed by atoms with E-state index in [1.54, 1.807) is 17.0 Å². The molecule has 0 radical (unpaired) electrons. The number of likely N-dealkylation sites (tertiary alicyclic amines) is 1. The number of carbonyl (C=O) groups is 2. The number of aliphatic hydroxyl groups excluding tert-OH is 1. The summed E-state index contributed by atoms with van der Waals surface area (Å²) < 4.78 is 0. The standard InChI is InChI=1S/C21H23N3O3/c1-14-4-6-15(7-5-14)18-17(19(25)16-8-10-22-11-9-16)20(26)21(27)24(18)13-12-23(2)3/h4-11,18,25H,12-13H2,1-3H3/b19-17+. The lowest BCUT2D eigenvalue weighted by molar-refractivity contribution is -0.140. The summed E-state index contributed by atoms with van der Waals surface area (Å²) in [5.74, 6) is -1.42. The van der Waals surface area contributed by atoms with Crippen molar-refractivity contribution in [3.05, 3.63) is 71.1 Å². The molecular weight excluding hydrogens is 342 g/mol. The van der Waals surface area contributed by atoms with Crippen LogP contribution >= 0.6 is 0 Å². The fourth-order valence-electron chi connectivity index (χ4n) is 3.18. The monoisotopic (exact) mass is 365 g/mol. The van der Waals surface area contributed by atoms with E-state index in [1.807, 2.05) is 50.2 Å². The van der Waals surface area contributed by atoms with E-state index in [4.69, 9.17) is 0 Å². The number of likely N-dealkylation sites (N-methyl/N-ethyl adjacent to an activating group) is 1. The Morgan fingerprint density at radius 1 is 1.11 bits per heavy atom. The Labute approximate surface area is 158 Å². The highest BCUT2D eigenvalue weighted by Gasteiger charge is 2.45. The van der Waals surface area contributed by atoms with E-state index in [-0.39, 0.29) is 11.3 Å². The van der Waals surface area contributed by atoms with E-state index in [0.29, 0.717) is 18.7 Å². The fourth-order valence-corrected chi connectivity index (χ4v) is 3.18. The fraction of sp³-hybridized carbons (Fsp3) is 0.286. The first-order valence-electron chi connectivity index (χ1n) is 8.80. The van der Waals surface area contributed by atoms with Crippen LogP contribution in [0.1, 0.15) is 22.7 Å². The molecule has 0 aliphatic carbocycles. The van der Waals surface area contributed by atoms with Gasteiger partial charge in [0.05, 0.1) is 11.6 Å². The van der Waals surface area contributed by atoms with Crippen molar-refractivity contribution in [1.29, 1.82) is 0 Å². The molecule has 27 heavy (non-hydrogen) atoms. The number of hydrogen-bond acceptors (Lipinski definition) is 5. The Morgan fingerprint density at radius 2 is 1.74 bits per heavy atom. The molecule has 1 aromatic carbocycles. The summed E-state index contributed by atoms with van der Waals surface area (Å²) in [5, 5.41) is 10.8. The Morgan fingerprint density at radius 3 is 2.33 bits per heavy atom. The van der Waals surface area contributed by atoms with Gasteiger partial charge in [-0.15, -0.1) is 0 Å². The van der Waals surface area contributed by atoms with Crippen LogP contribution in [0.15, 0.2) is 54.4 Å². The molecule has 1 amide bonds. The number of nitrogens with zero attached hydrogens (tertiary/aromatic N) is 3. The maximum atomic E-state index is 12.8. The number of benzene rings is 1. The minimum Gasteiger partial charge on any atom is -0.507 e. The maximum Gasteiger partial charge on any atom is 0.295 e. The third kappa shape index (κ3) is 3.75. The van der Waals surface area contributed by atoms with Gasteiger partial charge in [-0.05, 0) is 38.7 Å². The van der Waals surface area contributed by atoms with Crippen LogP contribution in [0.25, 0.3) is 5.76 Å². The van der Waals surface area contributed by atoms with Crippen molar-refractivity contribution in [3.8, 4) is 0 Å². The number of aliphatic hydroxyl groups is 1. The first-order chi connectivity index (χ1) is 12.9. The van der Waals surface area contributed by atoms with E-state index in [1.165, 1.54) is 12.4 Å². The highest BCUT2D eigenvalue weighted by molar-refractivity contribution is 6.46. The quantitative estimate of drug-likeness (QED) is 0.500. The maximum absolute atomic E-state index is 12.8. The largest absolute Gasteiger partial charge is 0.507 e. The number of rotatable bonds is 5. The van der Waals surface area contributed by atoms with E-state index >= 15 is 0 Å². The normalized spacial score (nSPS) is 19.1. The lowest BCUT2D eigenvalue weighted by Gasteiger charge is -2.26. The van der Waals surface area contributed by atoms with E-state index in [9.17, 15) is 14.7 Å². The van der Waals surface area contributed by atoms with E-state index in [2.05, 4.69) is 4.98 Å². The lowest BCUT2D eigenvalue weighted by atomic mass is 9.95. The van der Waals surface area contributed by atoms with Gasteiger partial charge in [-0.25, -0.2) is 0 Å². The van der Waals surface area contributed by atoms with Gasteiger partial charge < -0.3 is 14.9 Å². The van der Waals surface area contributed by atoms with Crippen LogP contribution in [0.5, 0.6) is 0 Å². The second-order valence-corrected chi connectivity index (χ2v) is 6.94. The van der Waals surface area contributed by atoms with Crippen LogP contribution in [0.2, 0.25) is 0 Å². The van der Waals surface area contributed by atoms with Gasteiger partial charge in [-0.3, -0.25) is 14.6 Å². The molecule has 1 unspecified atom stereocenters. The lowest BCUT2D eigenvalue weighted by Crippen LogP contribution is -2.35. The highest BCUT2D eigenvalue weighted by Crippen LogP contribution is 2.39. The Kier molecular flexibility index (Phi) is 5.37. The minimum atomic E-state index is -0.659. The number of amides is 1. The van der Waals surface area contributed by atoms with Gasteiger partial charge in [0.2, 0.25) is 0 Å². The van der Waals surface area contributed by atoms with Gasteiger partial charge in [0.15, 0.2) is 0 Å². The molecule has 140 valence electrons. The molecule has 1 atom stereocenters. The first kappa shape index (κ1) is 18.8. The van der Waals surface area contributed by atoms with Gasteiger partial charge in [0.1, 0.15) is 5.76 Å². The average molecular weight is 365 g/mol. The molecule has 0 bridgehead atoms. The molecule has 2 heterocycles. The predicted octanol–water partition coefficient (Wildman–Crippen LogP) is 2.37. The van der Waals surface area contributed by atoms with Crippen LogP contribution in [0.3, 0.4) is 0 Å². The molecule has 2 aromatic rings. The average Bonchev–Trinajstić information content (AvgIpc) is 2.91. The van der Waals surface area contributed by atoms with E-state index < -0.39 is 17.7 Å². The van der Waals surface area contributed by atoms with Crippen molar-refractivity contribution in [3.63, 3.8) is 0 Å². The molecule has 1 aliphatic heterocycles. The first-order valence-corrected chi connectivity index (χ1v) is 8.80. The molecule has 1 aliphatic rings. The summed E-state index contributed by atoms with van der Waals surface area (Å²) in [5.41, 5.74) is 2.47. The van der Waals surface area contributed by atoms with Gasteiger partial charge in [0.25, 0.3) is 11.7 Å². The molecule has 0 saturated carbocycles. The molecule has 3 rings (SSSR count). The molecular formula is C21H23N3O3. The van der Waals surface area contributed by atoms with E-state index in [0.717, 1.165) is 11.1 Å². The van der Waals surface area contributed by atoms with Crippen molar-refractivity contribution < 1.29 is 14.7 Å². The summed E-state index contributed by atoms with van der Waals surface area (Å²) in [7, 11) is 3.82. The predicted molar refractivity (Wildman–Crippen MR) is 103 cm³/mol. The minimum absolute atomic E-state index is 0.119. The number of ketones is 1. The van der Waals surface area contributed by atoms with Crippen LogP contribution < -0.4 is 0 Å². The highest BCUT2D eigenvalue weighted by atomic mass is 16.3. The van der Waals surface area contributed by atoms with Gasteiger partial charge in [0, 0.05) is 31.0 Å². The van der Waals surface area contributed by atoms with Crippen molar-refractivity contribution >= 4 is 17.4 Å². The zero-order valence-corrected chi connectivity index (χ0v) is 15.7. The molecule has 6 nitrogen and oxygen atoms in total. The molecule has 1 N–H and O–H groups in total. The third-order valence-corrected chi connectivity index (χ3v) is 4.67. The Bertz CT molecular complexity index is 873. The molecule has 1 fully saturated rings. The van der Waals surface area contributed by atoms with Gasteiger partial charge >= 0.3 is 0 Å². The second-order valence-electron chi connectivity index (χ2n) is 6.94. The van der Waals surface area contributed by atoms with Gasteiger partial charge in [-0.1, -0.05) is 29.8 Å². The topological polar surface area (TPSA) is 73.7 Å². The smallest absolute Gasteiger partial charge is 0.295 e. The summed E-state index contributed by atoms with van der Waals surface area (Å²) >= 11 is 0. The van der Waals surface area contributed by atoms with Crippen molar-refractivity contribution in [2.45, 2.75) is 13.0 Å². The second kappa shape index (κ2) is 7.72. The zero-order valence-electron chi connectivity index (χ0n) is 15.7. The third-order valence-electron chi connectivity index (χ3n) is 4.67. The molecule has 1 aromatic heterocycles. The van der Waals surface area contributed by atoms with Crippen molar-refractivity contribution in [2.24, 2.45) is 0 Å². The summed E-state index contributed by atoms with van der Waals surface area (Å²) in [6.45, 7) is 2.98.